The summed E-state index contributed by atoms with van der Waals surface area (Å²) in [7, 11) is 0. The van der Waals surface area contributed by atoms with Crippen molar-refractivity contribution >= 4 is 0 Å². The summed E-state index contributed by atoms with van der Waals surface area (Å²) in [5.41, 5.74) is 1.20. The minimum absolute atomic E-state index is 0.158. The first-order chi connectivity index (χ1) is 6.68. The second kappa shape index (κ2) is 3.70. The molecule has 1 N–H and O–H groups in total. The Labute approximate surface area is 84.3 Å². The zero-order valence-corrected chi connectivity index (χ0v) is 8.63. The molecule has 1 aromatic carbocycles. The average molecular weight is 193 g/mol. The maximum absolute atomic E-state index is 12.7. The Morgan fingerprint density at radius 2 is 1.93 bits per heavy atom. The molecule has 1 aliphatic rings. The van der Waals surface area contributed by atoms with E-state index in [2.05, 4.69) is 19.2 Å². The van der Waals surface area contributed by atoms with E-state index in [1.165, 1.54) is 17.7 Å². The summed E-state index contributed by atoms with van der Waals surface area (Å²) < 4.78 is 12.7. The molecule has 0 bridgehead atoms. The molecule has 2 rings (SSSR count). The van der Waals surface area contributed by atoms with Gasteiger partial charge in [-0.2, -0.15) is 0 Å². The first-order valence-electron chi connectivity index (χ1n) is 5.17. The van der Waals surface area contributed by atoms with Gasteiger partial charge in [-0.05, 0) is 29.5 Å². The van der Waals surface area contributed by atoms with Crippen molar-refractivity contribution in [1.82, 2.24) is 5.32 Å². The van der Waals surface area contributed by atoms with Gasteiger partial charge in [0.25, 0.3) is 0 Å². The van der Waals surface area contributed by atoms with Gasteiger partial charge in [0, 0.05) is 12.6 Å². The highest BCUT2D eigenvalue weighted by Crippen LogP contribution is 2.34. The van der Waals surface area contributed by atoms with Gasteiger partial charge in [-0.1, -0.05) is 26.0 Å². The summed E-state index contributed by atoms with van der Waals surface area (Å²) >= 11 is 0. The highest BCUT2D eigenvalue weighted by Gasteiger charge is 2.33. The third kappa shape index (κ3) is 1.67. The molecule has 1 heterocycles. The largest absolute Gasteiger partial charge is 0.309 e. The summed E-state index contributed by atoms with van der Waals surface area (Å²) in [5.74, 6) is 1.22. The summed E-state index contributed by atoms with van der Waals surface area (Å²) in [6.45, 7) is 5.56. The second-order valence-electron chi connectivity index (χ2n) is 4.35. The fourth-order valence-electron chi connectivity index (χ4n) is 2.03. The zero-order valence-electron chi connectivity index (χ0n) is 8.63. The number of hydrogen-bond acceptors (Lipinski definition) is 1. The van der Waals surface area contributed by atoms with Gasteiger partial charge in [-0.25, -0.2) is 4.39 Å². The van der Waals surface area contributed by atoms with Gasteiger partial charge in [-0.3, -0.25) is 0 Å². The predicted octanol–water partition coefficient (Wildman–Crippen LogP) is 2.74. The van der Waals surface area contributed by atoms with E-state index in [0.717, 1.165) is 6.54 Å². The molecule has 0 spiro atoms. The molecule has 1 nitrogen and oxygen atoms in total. The van der Waals surface area contributed by atoms with Crippen molar-refractivity contribution < 1.29 is 4.39 Å². The van der Waals surface area contributed by atoms with Crippen LogP contribution in [0.1, 0.15) is 25.5 Å². The molecular weight excluding hydrogens is 177 g/mol. The Morgan fingerprint density at radius 1 is 1.29 bits per heavy atom. The van der Waals surface area contributed by atoms with E-state index in [9.17, 15) is 4.39 Å². The highest BCUT2D eigenvalue weighted by molar-refractivity contribution is 5.23. The summed E-state index contributed by atoms with van der Waals surface area (Å²) in [4.78, 5) is 0. The van der Waals surface area contributed by atoms with E-state index in [1.807, 2.05) is 12.1 Å². The molecule has 1 saturated heterocycles. The molecule has 1 fully saturated rings. The molecule has 1 aliphatic heterocycles. The summed E-state index contributed by atoms with van der Waals surface area (Å²) in [6, 6.07) is 7.25. The van der Waals surface area contributed by atoms with Crippen molar-refractivity contribution in [3.63, 3.8) is 0 Å². The number of hydrogen-bond donors (Lipinski definition) is 1. The van der Waals surface area contributed by atoms with Crippen LogP contribution in [-0.2, 0) is 0 Å². The van der Waals surface area contributed by atoms with Crippen LogP contribution in [0.25, 0.3) is 0 Å². The minimum Gasteiger partial charge on any atom is -0.309 e. The van der Waals surface area contributed by atoms with Crippen LogP contribution < -0.4 is 5.32 Å². The van der Waals surface area contributed by atoms with E-state index in [4.69, 9.17) is 0 Å². The van der Waals surface area contributed by atoms with Crippen LogP contribution in [0.5, 0.6) is 0 Å². The van der Waals surface area contributed by atoms with Gasteiger partial charge in [0.05, 0.1) is 0 Å². The second-order valence-corrected chi connectivity index (χ2v) is 4.35. The lowest BCUT2D eigenvalue weighted by molar-refractivity contribution is 0.174. The van der Waals surface area contributed by atoms with E-state index in [0.29, 0.717) is 17.9 Å². The van der Waals surface area contributed by atoms with E-state index in [1.54, 1.807) is 0 Å². The van der Waals surface area contributed by atoms with Gasteiger partial charge in [0.15, 0.2) is 0 Å². The molecule has 0 saturated carbocycles. The van der Waals surface area contributed by atoms with Gasteiger partial charge in [-0.15, -0.1) is 0 Å². The molecule has 2 atom stereocenters. The predicted molar refractivity (Wildman–Crippen MR) is 55.5 cm³/mol. The van der Waals surface area contributed by atoms with E-state index < -0.39 is 0 Å². The molecule has 2 heteroatoms. The van der Waals surface area contributed by atoms with Gasteiger partial charge in [0.1, 0.15) is 5.82 Å². The van der Waals surface area contributed by atoms with Crippen LogP contribution in [0.15, 0.2) is 24.3 Å². The lowest BCUT2D eigenvalue weighted by Crippen LogP contribution is -2.48. The fourth-order valence-corrected chi connectivity index (χ4v) is 2.03. The molecule has 0 aromatic heterocycles. The standard InChI is InChI=1S/C12H16FN/c1-8(2)11-7-14-12(11)9-3-5-10(13)6-4-9/h3-6,8,11-12,14H,7H2,1-2H3. The van der Waals surface area contributed by atoms with Crippen molar-refractivity contribution in [1.29, 1.82) is 0 Å². The first-order valence-corrected chi connectivity index (χ1v) is 5.17. The Balaban J connectivity index is 2.12. The SMILES string of the molecule is CC(C)C1CNC1c1ccc(F)cc1. The van der Waals surface area contributed by atoms with Crippen molar-refractivity contribution in [2.45, 2.75) is 19.9 Å². The lowest BCUT2D eigenvalue weighted by atomic mass is 9.79. The van der Waals surface area contributed by atoms with Crippen LogP contribution in [0, 0.1) is 17.7 Å². The molecule has 0 amide bonds. The zero-order chi connectivity index (χ0) is 10.1. The summed E-state index contributed by atoms with van der Waals surface area (Å²) in [5, 5.41) is 3.39. The van der Waals surface area contributed by atoms with Crippen LogP contribution in [0.2, 0.25) is 0 Å². The van der Waals surface area contributed by atoms with Gasteiger partial charge < -0.3 is 5.32 Å². The van der Waals surface area contributed by atoms with E-state index >= 15 is 0 Å². The monoisotopic (exact) mass is 193 g/mol. The molecule has 76 valence electrons. The number of rotatable bonds is 2. The molecule has 0 radical (unpaired) electrons. The molecule has 14 heavy (non-hydrogen) atoms. The third-order valence-corrected chi connectivity index (χ3v) is 3.09. The Kier molecular flexibility index (Phi) is 2.55. The minimum atomic E-state index is -0.158. The Hall–Kier alpha value is -0.890. The Morgan fingerprint density at radius 3 is 2.36 bits per heavy atom. The average Bonchev–Trinajstić information content (AvgIpc) is 2.05. The molecular formula is C12H16FN. The smallest absolute Gasteiger partial charge is 0.123 e. The summed E-state index contributed by atoms with van der Waals surface area (Å²) in [6.07, 6.45) is 0. The molecule has 0 aliphatic carbocycles. The maximum atomic E-state index is 12.7. The van der Waals surface area contributed by atoms with Crippen LogP contribution in [0.3, 0.4) is 0 Å². The first kappa shape index (κ1) is 9.66. The normalized spacial score (nSPS) is 26.3. The Bertz CT molecular complexity index is 305. The van der Waals surface area contributed by atoms with E-state index in [-0.39, 0.29) is 5.82 Å². The quantitative estimate of drug-likeness (QED) is 0.761. The fraction of sp³-hybridized carbons (Fsp3) is 0.500. The third-order valence-electron chi connectivity index (χ3n) is 3.09. The lowest BCUT2D eigenvalue weighted by Gasteiger charge is -2.41. The van der Waals surface area contributed by atoms with Crippen molar-refractivity contribution in [3.8, 4) is 0 Å². The van der Waals surface area contributed by atoms with Gasteiger partial charge >= 0.3 is 0 Å². The van der Waals surface area contributed by atoms with Gasteiger partial charge in [0.2, 0.25) is 0 Å². The van der Waals surface area contributed by atoms with Crippen LogP contribution in [0.4, 0.5) is 4.39 Å². The van der Waals surface area contributed by atoms with Crippen molar-refractivity contribution in [3.05, 3.63) is 35.6 Å². The molecule has 1 aromatic rings. The highest BCUT2D eigenvalue weighted by atomic mass is 19.1. The van der Waals surface area contributed by atoms with Crippen molar-refractivity contribution in [2.24, 2.45) is 11.8 Å². The number of nitrogens with one attached hydrogen (secondary N) is 1. The number of benzene rings is 1. The van der Waals surface area contributed by atoms with Crippen LogP contribution in [-0.4, -0.2) is 6.54 Å². The molecule has 2 unspecified atom stereocenters. The maximum Gasteiger partial charge on any atom is 0.123 e. The number of halogens is 1. The van der Waals surface area contributed by atoms with Crippen LogP contribution >= 0.6 is 0 Å². The topological polar surface area (TPSA) is 12.0 Å². The van der Waals surface area contributed by atoms with Crippen molar-refractivity contribution in [2.75, 3.05) is 6.54 Å².